The fourth-order valence-corrected chi connectivity index (χ4v) is 2.88. The van der Waals surface area contributed by atoms with Gasteiger partial charge in [0.05, 0.1) is 10.5 Å². The molecule has 2 nitrogen and oxygen atoms in total. The van der Waals surface area contributed by atoms with Gasteiger partial charge in [-0.05, 0) is 49.4 Å². The summed E-state index contributed by atoms with van der Waals surface area (Å²) in [6, 6.07) is 4.70. The molecule has 5 heteroatoms. The second-order valence-corrected chi connectivity index (χ2v) is 4.99. The number of nitrogens with zero attached hydrogens (tertiary/aromatic N) is 1. The first-order valence-electron chi connectivity index (χ1n) is 6.21. The molecule has 0 unspecified atom stereocenters. The predicted octanol–water partition coefficient (Wildman–Crippen LogP) is 4.37. The zero-order chi connectivity index (χ0) is 13.4. The number of benzene rings is 1. The van der Waals surface area contributed by atoms with Gasteiger partial charge in [0.1, 0.15) is 5.75 Å². The van der Waals surface area contributed by atoms with E-state index in [4.69, 9.17) is 11.6 Å². The zero-order valence-corrected chi connectivity index (χ0v) is 10.9. The number of aryl methyl sites for hydroxylation is 1. The lowest BCUT2D eigenvalue weighted by Crippen LogP contribution is -2.07. The Balaban J connectivity index is 2.14. The Hall–Kier alpha value is -1.42. The van der Waals surface area contributed by atoms with Crippen LogP contribution >= 0.6 is 11.6 Å². The lowest BCUT2D eigenvalue weighted by Gasteiger charge is -2.18. The Bertz CT molecular complexity index is 630. The van der Waals surface area contributed by atoms with E-state index < -0.39 is 6.61 Å². The van der Waals surface area contributed by atoms with E-state index in [-0.39, 0.29) is 5.75 Å². The molecule has 0 atom stereocenters. The van der Waals surface area contributed by atoms with Gasteiger partial charge in [-0.2, -0.15) is 8.78 Å². The van der Waals surface area contributed by atoms with Gasteiger partial charge in [-0.3, -0.25) is 4.98 Å². The van der Waals surface area contributed by atoms with E-state index in [1.54, 1.807) is 6.07 Å². The highest BCUT2D eigenvalue weighted by Crippen LogP contribution is 2.34. The first-order chi connectivity index (χ1) is 9.15. The SMILES string of the molecule is FC(F)Oc1ccc2nc3c(c(Cl)c2c1)CCCC3. The van der Waals surface area contributed by atoms with Gasteiger partial charge in [0.15, 0.2) is 0 Å². The number of hydrogen-bond donors (Lipinski definition) is 0. The van der Waals surface area contributed by atoms with E-state index in [9.17, 15) is 8.78 Å². The van der Waals surface area contributed by atoms with Crippen LogP contribution in [0.25, 0.3) is 10.9 Å². The number of fused-ring (bicyclic) bond motifs is 2. The van der Waals surface area contributed by atoms with E-state index in [1.807, 2.05) is 0 Å². The quantitative estimate of drug-likeness (QED) is 0.816. The molecular formula is C14H12ClF2NO. The molecule has 0 radical (unpaired) electrons. The molecule has 19 heavy (non-hydrogen) atoms. The van der Waals surface area contributed by atoms with Gasteiger partial charge in [-0.15, -0.1) is 0 Å². The fourth-order valence-electron chi connectivity index (χ4n) is 2.52. The zero-order valence-electron chi connectivity index (χ0n) is 10.1. The molecule has 1 aliphatic carbocycles. The molecule has 0 spiro atoms. The molecule has 100 valence electrons. The largest absolute Gasteiger partial charge is 0.435 e. The first-order valence-corrected chi connectivity index (χ1v) is 6.59. The number of halogens is 3. The minimum Gasteiger partial charge on any atom is -0.435 e. The molecule has 1 heterocycles. The maximum atomic E-state index is 12.2. The highest BCUT2D eigenvalue weighted by atomic mass is 35.5. The number of rotatable bonds is 2. The summed E-state index contributed by atoms with van der Waals surface area (Å²) in [5.41, 5.74) is 2.81. The lowest BCUT2D eigenvalue weighted by molar-refractivity contribution is -0.0497. The molecule has 0 aliphatic heterocycles. The Morgan fingerprint density at radius 1 is 1.21 bits per heavy atom. The Kier molecular flexibility index (Phi) is 3.27. The molecule has 0 saturated heterocycles. The van der Waals surface area contributed by atoms with Crippen molar-refractivity contribution in [1.82, 2.24) is 4.98 Å². The summed E-state index contributed by atoms with van der Waals surface area (Å²) in [5, 5.41) is 1.31. The van der Waals surface area contributed by atoms with E-state index in [0.717, 1.165) is 42.5 Å². The molecule has 0 fully saturated rings. The second kappa shape index (κ2) is 4.93. The number of hydrogen-bond acceptors (Lipinski definition) is 2. The Morgan fingerprint density at radius 2 is 2.00 bits per heavy atom. The molecule has 2 aromatic rings. The van der Waals surface area contributed by atoms with Crippen molar-refractivity contribution in [3.8, 4) is 5.75 Å². The summed E-state index contributed by atoms with van der Waals surface area (Å²) >= 11 is 6.38. The van der Waals surface area contributed by atoms with Crippen LogP contribution in [-0.4, -0.2) is 11.6 Å². The van der Waals surface area contributed by atoms with Crippen LogP contribution in [0.1, 0.15) is 24.1 Å². The van der Waals surface area contributed by atoms with Crippen LogP contribution in [0.3, 0.4) is 0 Å². The number of pyridine rings is 1. The minimum absolute atomic E-state index is 0.113. The fraction of sp³-hybridized carbons (Fsp3) is 0.357. The molecule has 1 aliphatic rings. The number of aromatic nitrogens is 1. The van der Waals surface area contributed by atoms with Gasteiger partial charge < -0.3 is 4.74 Å². The smallest absolute Gasteiger partial charge is 0.387 e. The standard InChI is InChI=1S/C14H12ClF2NO/c15-13-9-3-1-2-4-11(9)18-12-6-5-8(7-10(12)13)19-14(16)17/h5-7,14H,1-4H2. The first kappa shape index (κ1) is 12.6. The third-order valence-electron chi connectivity index (χ3n) is 3.39. The highest BCUT2D eigenvalue weighted by molar-refractivity contribution is 6.36. The lowest BCUT2D eigenvalue weighted by atomic mass is 9.94. The molecule has 0 bridgehead atoms. The third kappa shape index (κ3) is 2.37. The van der Waals surface area contributed by atoms with Gasteiger partial charge in [-0.25, -0.2) is 0 Å². The highest BCUT2D eigenvalue weighted by Gasteiger charge is 2.17. The Labute approximate surface area is 114 Å². The topological polar surface area (TPSA) is 22.1 Å². The van der Waals surface area contributed by atoms with Crippen LogP contribution in [0.2, 0.25) is 5.02 Å². The maximum absolute atomic E-state index is 12.2. The van der Waals surface area contributed by atoms with Crippen LogP contribution in [0.15, 0.2) is 18.2 Å². The molecular weight excluding hydrogens is 272 g/mol. The van der Waals surface area contributed by atoms with Crippen molar-refractivity contribution < 1.29 is 13.5 Å². The van der Waals surface area contributed by atoms with Crippen molar-refractivity contribution in [2.24, 2.45) is 0 Å². The van der Waals surface area contributed by atoms with Crippen molar-refractivity contribution in [3.05, 3.63) is 34.5 Å². The van der Waals surface area contributed by atoms with Crippen LogP contribution in [0.4, 0.5) is 8.78 Å². The summed E-state index contributed by atoms with van der Waals surface area (Å²) in [7, 11) is 0. The summed E-state index contributed by atoms with van der Waals surface area (Å²) in [4.78, 5) is 4.57. The molecule has 1 aromatic heterocycles. The average molecular weight is 284 g/mol. The normalized spacial score (nSPS) is 14.7. The molecule has 0 saturated carbocycles. The molecule has 0 amide bonds. The summed E-state index contributed by atoms with van der Waals surface area (Å²) in [6.45, 7) is -2.83. The van der Waals surface area contributed by atoms with Crippen LogP contribution in [0.5, 0.6) is 5.75 Å². The molecule has 1 aromatic carbocycles. The number of ether oxygens (including phenoxy) is 1. The van der Waals surface area contributed by atoms with E-state index >= 15 is 0 Å². The van der Waals surface area contributed by atoms with Gasteiger partial charge in [-0.1, -0.05) is 11.6 Å². The predicted molar refractivity (Wildman–Crippen MR) is 70.0 cm³/mol. The Morgan fingerprint density at radius 3 is 2.79 bits per heavy atom. The van der Waals surface area contributed by atoms with Gasteiger partial charge >= 0.3 is 6.61 Å². The van der Waals surface area contributed by atoms with Crippen LogP contribution in [0, 0.1) is 0 Å². The molecule has 0 N–H and O–H groups in total. The van der Waals surface area contributed by atoms with Crippen molar-refractivity contribution in [2.45, 2.75) is 32.3 Å². The molecule has 3 rings (SSSR count). The van der Waals surface area contributed by atoms with Crippen LogP contribution < -0.4 is 4.74 Å². The van der Waals surface area contributed by atoms with Crippen molar-refractivity contribution in [1.29, 1.82) is 0 Å². The van der Waals surface area contributed by atoms with Crippen molar-refractivity contribution in [3.63, 3.8) is 0 Å². The number of alkyl halides is 2. The third-order valence-corrected chi connectivity index (χ3v) is 3.82. The average Bonchev–Trinajstić information content (AvgIpc) is 2.39. The summed E-state index contributed by atoms with van der Waals surface area (Å²) < 4.78 is 28.8. The monoisotopic (exact) mass is 283 g/mol. The second-order valence-electron chi connectivity index (χ2n) is 4.62. The maximum Gasteiger partial charge on any atom is 0.387 e. The van der Waals surface area contributed by atoms with Gasteiger partial charge in [0.2, 0.25) is 0 Å². The van der Waals surface area contributed by atoms with Gasteiger partial charge in [0.25, 0.3) is 0 Å². The van der Waals surface area contributed by atoms with Crippen molar-refractivity contribution >= 4 is 22.5 Å². The minimum atomic E-state index is -2.83. The van der Waals surface area contributed by atoms with E-state index in [0.29, 0.717) is 10.4 Å². The van der Waals surface area contributed by atoms with Crippen molar-refractivity contribution in [2.75, 3.05) is 0 Å². The van der Waals surface area contributed by atoms with Gasteiger partial charge in [0, 0.05) is 11.1 Å². The summed E-state index contributed by atoms with van der Waals surface area (Å²) in [6.07, 6.45) is 4.04. The van der Waals surface area contributed by atoms with Crippen LogP contribution in [-0.2, 0) is 12.8 Å². The van der Waals surface area contributed by atoms with E-state index in [2.05, 4.69) is 9.72 Å². The van der Waals surface area contributed by atoms with E-state index in [1.165, 1.54) is 12.1 Å². The summed E-state index contributed by atoms with van der Waals surface area (Å²) in [5.74, 6) is 0.113.